The Hall–Kier alpha value is -2.50. The van der Waals surface area contributed by atoms with Gasteiger partial charge in [-0.05, 0) is 11.6 Å². The molecule has 1 aromatic rings. The second-order valence-corrected chi connectivity index (χ2v) is 3.79. The third-order valence-corrected chi connectivity index (χ3v) is 2.37. The summed E-state index contributed by atoms with van der Waals surface area (Å²) in [5, 5.41) is 27.5. The molecule has 0 heterocycles. The molecular weight excluding hydrogens is 252 g/mol. The van der Waals surface area contributed by atoms with E-state index in [0.29, 0.717) is 0 Å². The van der Waals surface area contributed by atoms with Crippen LogP contribution in [0.1, 0.15) is 11.1 Å². The van der Waals surface area contributed by atoms with E-state index in [9.17, 15) is 14.7 Å². The van der Waals surface area contributed by atoms with E-state index in [1.54, 1.807) is 0 Å². The standard InChI is InChI=1S/C13H14O6/c1-2-5-19-10-4-3-8(6-11(14)15)9(13(10)18)7-12(16)17/h2-4,18H,1,5-7H2,(H,14,15)(H,16,17). The summed E-state index contributed by atoms with van der Waals surface area (Å²) >= 11 is 0. The highest BCUT2D eigenvalue weighted by Gasteiger charge is 2.17. The molecule has 0 fully saturated rings. The first kappa shape index (κ1) is 14.6. The van der Waals surface area contributed by atoms with Crippen LogP contribution in [0.3, 0.4) is 0 Å². The Kier molecular flexibility index (Phi) is 4.93. The zero-order valence-electron chi connectivity index (χ0n) is 10.1. The Morgan fingerprint density at radius 1 is 1.21 bits per heavy atom. The molecule has 0 saturated heterocycles. The first-order valence-corrected chi connectivity index (χ1v) is 5.46. The number of phenols is 1. The van der Waals surface area contributed by atoms with E-state index in [0.717, 1.165) is 0 Å². The summed E-state index contributed by atoms with van der Waals surface area (Å²) in [6, 6.07) is 2.84. The summed E-state index contributed by atoms with van der Waals surface area (Å²) in [4.78, 5) is 21.5. The minimum absolute atomic E-state index is 0.0523. The Morgan fingerprint density at radius 3 is 2.37 bits per heavy atom. The SMILES string of the molecule is C=CCOc1ccc(CC(=O)O)c(CC(=O)O)c1O. The number of ether oxygens (including phenoxy) is 1. The number of hydrogen-bond donors (Lipinski definition) is 3. The van der Waals surface area contributed by atoms with E-state index in [1.165, 1.54) is 18.2 Å². The maximum atomic E-state index is 10.8. The Bertz CT molecular complexity index is 506. The fourth-order valence-corrected chi connectivity index (χ4v) is 1.60. The van der Waals surface area contributed by atoms with Gasteiger partial charge in [0, 0.05) is 5.56 Å². The van der Waals surface area contributed by atoms with Crippen molar-refractivity contribution in [2.45, 2.75) is 12.8 Å². The molecular formula is C13H14O6. The largest absolute Gasteiger partial charge is 0.504 e. The third kappa shape index (κ3) is 4.02. The fourth-order valence-electron chi connectivity index (χ4n) is 1.60. The number of aromatic hydroxyl groups is 1. The van der Waals surface area contributed by atoms with Crippen molar-refractivity contribution >= 4 is 11.9 Å². The lowest BCUT2D eigenvalue weighted by Crippen LogP contribution is -2.09. The Labute approximate surface area is 109 Å². The summed E-state index contributed by atoms with van der Waals surface area (Å²) in [5.74, 6) is -2.51. The molecule has 0 spiro atoms. The van der Waals surface area contributed by atoms with E-state index < -0.39 is 18.4 Å². The number of aliphatic carboxylic acids is 2. The predicted octanol–water partition coefficient (Wildman–Crippen LogP) is 1.21. The average molecular weight is 266 g/mol. The van der Waals surface area contributed by atoms with Crippen LogP contribution in [0.4, 0.5) is 0 Å². The van der Waals surface area contributed by atoms with Crippen LogP contribution in [-0.4, -0.2) is 33.9 Å². The number of carboxylic acid groups (broad SMARTS) is 2. The van der Waals surface area contributed by atoms with Gasteiger partial charge in [0.2, 0.25) is 0 Å². The molecule has 0 aliphatic rings. The summed E-state index contributed by atoms with van der Waals surface area (Å²) in [5.41, 5.74) is 0.301. The molecule has 0 aliphatic carbocycles. The van der Waals surface area contributed by atoms with E-state index in [2.05, 4.69) is 6.58 Å². The van der Waals surface area contributed by atoms with Crippen molar-refractivity contribution in [3.05, 3.63) is 35.9 Å². The van der Waals surface area contributed by atoms with Gasteiger partial charge in [0.15, 0.2) is 11.5 Å². The van der Waals surface area contributed by atoms with E-state index >= 15 is 0 Å². The van der Waals surface area contributed by atoms with Crippen molar-refractivity contribution < 1.29 is 29.6 Å². The van der Waals surface area contributed by atoms with E-state index in [-0.39, 0.29) is 35.7 Å². The van der Waals surface area contributed by atoms with Gasteiger partial charge < -0.3 is 20.1 Å². The lowest BCUT2D eigenvalue weighted by Gasteiger charge is -2.13. The van der Waals surface area contributed by atoms with Gasteiger partial charge in [-0.2, -0.15) is 0 Å². The topological polar surface area (TPSA) is 104 Å². The lowest BCUT2D eigenvalue weighted by atomic mass is 10.00. The molecule has 0 bridgehead atoms. The van der Waals surface area contributed by atoms with E-state index in [4.69, 9.17) is 14.9 Å². The maximum absolute atomic E-state index is 10.8. The monoisotopic (exact) mass is 266 g/mol. The van der Waals surface area contributed by atoms with Gasteiger partial charge in [0.25, 0.3) is 0 Å². The summed E-state index contributed by atoms with van der Waals surface area (Å²) in [6.45, 7) is 3.61. The number of carboxylic acids is 2. The second kappa shape index (κ2) is 6.44. The Balaban J connectivity index is 3.18. The lowest BCUT2D eigenvalue weighted by molar-refractivity contribution is -0.137. The van der Waals surface area contributed by atoms with Crippen LogP contribution in [0.2, 0.25) is 0 Å². The quantitative estimate of drug-likeness (QED) is 0.641. The van der Waals surface area contributed by atoms with Crippen LogP contribution < -0.4 is 4.74 Å². The molecule has 0 amide bonds. The zero-order chi connectivity index (χ0) is 14.4. The fraction of sp³-hybridized carbons (Fsp3) is 0.231. The van der Waals surface area contributed by atoms with Crippen molar-refractivity contribution in [3.8, 4) is 11.5 Å². The van der Waals surface area contributed by atoms with Gasteiger partial charge in [0.1, 0.15) is 6.61 Å². The van der Waals surface area contributed by atoms with Gasteiger partial charge >= 0.3 is 11.9 Å². The Morgan fingerprint density at radius 2 is 1.84 bits per heavy atom. The van der Waals surface area contributed by atoms with Crippen molar-refractivity contribution in [2.24, 2.45) is 0 Å². The van der Waals surface area contributed by atoms with Crippen molar-refractivity contribution in [3.63, 3.8) is 0 Å². The van der Waals surface area contributed by atoms with Crippen LogP contribution in [0.15, 0.2) is 24.8 Å². The van der Waals surface area contributed by atoms with Gasteiger partial charge in [-0.25, -0.2) is 0 Å². The average Bonchev–Trinajstić information content (AvgIpc) is 2.32. The number of phenolic OH excluding ortho intramolecular Hbond substituents is 1. The number of hydrogen-bond acceptors (Lipinski definition) is 4. The molecule has 0 saturated carbocycles. The molecule has 6 nitrogen and oxygen atoms in total. The highest BCUT2D eigenvalue weighted by Crippen LogP contribution is 2.33. The van der Waals surface area contributed by atoms with Gasteiger partial charge in [-0.15, -0.1) is 0 Å². The molecule has 3 N–H and O–H groups in total. The first-order chi connectivity index (χ1) is 8.95. The number of carbonyl (C=O) groups is 2. The first-order valence-electron chi connectivity index (χ1n) is 5.46. The maximum Gasteiger partial charge on any atom is 0.307 e. The van der Waals surface area contributed by atoms with Crippen LogP contribution in [0.5, 0.6) is 11.5 Å². The second-order valence-electron chi connectivity index (χ2n) is 3.79. The minimum atomic E-state index is -1.16. The van der Waals surface area contributed by atoms with Gasteiger partial charge in [-0.3, -0.25) is 9.59 Å². The predicted molar refractivity (Wildman–Crippen MR) is 66.5 cm³/mol. The molecule has 1 rings (SSSR count). The van der Waals surface area contributed by atoms with Crippen LogP contribution >= 0.6 is 0 Å². The van der Waals surface area contributed by atoms with Crippen LogP contribution in [0.25, 0.3) is 0 Å². The molecule has 0 atom stereocenters. The molecule has 0 unspecified atom stereocenters. The van der Waals surface area contributed by atoms with Crippen LogP contribution in [0, 0.1) is 0 Å². The summed E-state index contributed by atoms with van der Waals surface area (Å²) in [7, 11) is 0. The van der Waals surface area contributed by atoms with Gasteiger partial charge in [-0.1, -0.05) is 18.7 Å². The van der Waals surface area contributed by atoms with Crippen molar-refractivity contribution in [1.82, 2.24) is 0 Å². The zero-order valence-corrected chi connectivity index (χ0v) is 10.1. The molecule has 19 heavy (non-hydrogen) atoms. The highest BCUT2D eigenvalue weighted by molar-refractivity contribution is 5.76. The normalized spacial score (nSPS) is 9.89. The van der Waals surface area contributed by atoms with Crippen molar-refractivity contribution in [1.29, 1.82) is 0 Å². The summed E-state index contributed by atoms with van der Waals surface area (Å²) in [6.07, 6.45) is 0.638. The van der Waals surface area contributed by atoms with E-state index in [1.807, 2.05) is 0 Å². The molecule has 102 valence electrons. The van der Waals surface area contributed by atoms with Crippen LogP contribution in [-0.2, 0) is 22.4 Å². The number of rotatable bonds is 7. The van der Waals surface area contributed by atoms with Crippen molar-refractivity contribution in [2.75, 3.05) is 6.61 Å². The molecule has 0 aromatic heterocycles. The highest BCUT2D eigenvalue weighted by atomic mass is 16.5. The smallest absolute Gasteiger partial charge is 0.307 e. The summed E-state index contributed by atoms with van der Waals surface area (Å²) < 4.78 is 5.16. The third-order valence-electron chi connectivity index (χ3n) is 2.37. The molecule has 0 aliphatic heterocycles. The molecule has 1 aromatic carbocycles. The number of benzene rings is 1. The molecule has 6 heteroatoms. The minimum Gasteiger partial charge on any atom is -0.504 e. The van der Waals surface area contributed by atoms with Gasteiger partial charge in [0.05, 0.1) is 12.8 Å². The molecule has 0 radical (unpaired) electrons.